The van der Waals surface area contributed by atoms with Crippen LogP contribution >= 0.6 is 8.60 Å². The number of nitrogens with one attached hydrogen (secondary N) is 1. The van der Waals surface area contributed by atoms with Crippen molar-refractivity contribution in [2.24, 2.45) is 5.92 Å². The van der Waals surface area contributed by atoms with Crippen LogP contribution in [0.4, 0.5) is 0 Å². The molecule has 0 aromatic carbocycles. The summed E-state index contributed by atoms with van der Waals surface area (Å²) in [5, 5.41) is 2.41. The van der Waals surface area contributed by atoms with Crippen LogP contribution in [0.15, 0.2) is 12.3 Å². The highest BCUT2D eigenvalue weighted by Crippen LogP contribution is 2.32. The average Bonchev–Trinajstić information content (AvgIpc) is 2.78. The van der Waals surface area contributed by atoms with Gasteiger partial charge in [0, 0.05) is 25.2 Å². The van der Waals surface area contributed by atoms with Crippen molar-refractivity contribution in [1.82, 2.24) is 10.2 Å². The first kappa shape index (κ1) is 17.0. The number of amides is 2. The molecule has 0 radical (unpaired) electrons. The third kappa shape index (κ3) is 5.15. The Morgan fingerprint density at radius 1 is 1.60 bits per heavy atom. The molecule has 1 saturated heterocycles. The maximum absolute atomic E-state index is 11.1. The van der Waals surface area contributed by atoms with Gasteiger partial charge < -0.3 is 24.4 Å². The van der Waals surface area contributed by atoms with E-state index in [0.717, 1.165) is 0 Å². The van der Waals surface area contributed by atoms with Gasteiger partial charge in [-0.2, -0.15) is 0 Å². The minimum absolute atomic E-state index is 0.0340. The molecule has 0 saturated carbocycles. The third-order valence-corrected chi connectivity index (χ3v) is 3.27. The van der Waals surface area contributed by atoms with Gasteiger partial charge in [-0.3, -0.25) is 14.5 Å². The van der Waals surface area contributed by atoms with Gasteiger partial charge in [0.05, 0.1) is 12.7 Å². The van der Waals surface area contributed by atoms with Gasteiger partial charge >= 0.3 is 8.60 Å². The zero-order chi connectivity index (χ0) is 15.1. The van der Waals surface area contributed by atoms with Crippen molar-refractivity contribution in [3.8, 4) is 0 Å². The molecule has 1 fully saturated rings. The molecule has 114 valence electrons. The lowest BCUT2D eigenvalue weighted by Crippen LogP contribution is -2.34. The van der Waals surface area contributed by atoms with Crippen LogP contribution in [0, 0.1) is 5.92 Å². The molecule has 0 aromatic heterocycles. The second-order valence-electron chi connectivity index (χ2n) is 4.39. The summed E-state index contributed by atoms with van der Waals surface area (Å²) < 4.78 is 10.3. The summed E-state index contributed by atoms with van der Waals surface area (Å²) in [4.78, 5) is 40.8. The molecule has 8 nitrogen and oxygen atoms in total. The lowest BCUT2D eigenvalue weighted by Gasteiger charge is -2.24. The van der Waals surface area contributed by atoms with Crippen molar-refractivity contribution < 1.29 is 28.6 Å². The van der Waals surface area contributed by atoms with Gasteiger partial charge in [-0.1, -0.05) is 6.92 Å². The first-order valence-electron chi connectivity index (χ1n) is 6.06. The number of hydrogen-bond acceptors (Lipinski definition) is 6. The number of hydrogen-bond donors (Lipinski definition) is 3. The smallest absolute Gasteiger partial charge is 0.327 e. The molecule has 3 atom stereocenters. The second-order valence-corrected chi connectivity index (χ2v) is 5.16. The average molecular weight is 306 g/mol. The van der Waals surface area contributed by atoms with E-state index < -0.39 is 14.8 Å². The number of carbonyl (C=O) groups is 2. The van der Waals surface area contributed by atoms with Gasteiger partial charge in [0.2, 0.25) is 12.3 Å². The SMILES string of the molecule is CNC(=O)/C=C\N(C=O)[C@@H]1OC(COP(O)O)CC1C. The molecule has 9 heteroatoms. The van der Waals surface area contributed by atoms with E-state index in [1.54, 1.807) is 0 Å². The second kappa shape index (κ2) is 8.28. The summed E-state index contributed by atoms with van der Waals surface area (Å²) in [5.41, 5.74) is 0. The van der Waals surface area contributed by atoms with Gasteiger partial charge in [-0.05, 0) is 6.42 Å². The topological polar surface area (TPSA) is 108 Å². The van der Waals surface area contributed by atoms with E-state index in [2.05, 4.69) is 5.32 Å². The van der Waals surface area contributed by atoms with E-state index in [-0.39, 0.29) is 24.5 Å². The Hall–Kier alpha value is -1.05. The minimum Gasteiger partial charge on any atom is -0.356 e. The summed E-state index contributed by atoms with van der Waals surface area (Å²) in [6.45, 7) is 1.95. The van der Waals surface area contributed by atoms with Gasteiger partial charge in [0.1, 0.15) is 6.23 Å². The van der Waals surface area contributed by atoms with E-state index in [4.69, 9.17) is 19.0 Å². The van der Waals surface area contributed by atoms with Crippen molar-refractivity contribution >= 4 is 20.9 Å². The van der Waals surface area contributed by atoms with Gasteiger partial charge in [-0.15, -0.1) is 0 Å². The quantitative estimate of drug-likeness (QED) is 0.338. The summed E-state index contributed by atoms with van der Waals surface area (Å²) in [5.74, 6) is -0.291. The molecule has 0 aromatic rings. The fourth-order valence-corrected chi connectivity index (χ4v) is 2.26. The first-order valence-corrected chi connectivity index (χ1v) is 7.23. The monoisotopic (exact) mass is 306 g/mol. The summed E-state index contributed by atoms with van der Waals surface area (Å²) in [6.07, 6.45) is 2.94. The van der Waals surface area contributed by atoms with E-state index in [1.807, 2.05) is 6.92 Å². The maximum atomic E-state index is 11.1. The number of likely N-dealkylation sites (N-methyl/N-ethyl adjacent to an activating group) is 1. The molecule has 2 amide bonds. The number of rotatable bonds is 7. The van der Waals surface area contributed by atoms with Gasteiger partial charge in [0.25, 0.3) is 0 Å². The third-order valence-electron chi connectivity index (χ3n) is 2.89. The number of nitrogens with zero attached hydrogens (tertiary/aromatic N) is 1. The Bertz CT molecular complexity index is 365. The lowest BCUT2D eigenvalue weighted by atomic mass is 10.1. The molecular weight excluding hydrogens is 287 g/mol. The Labute approximate surface area is 118 Å². The van der Waals surface area contributed by atoms with Crippen LogP contribution in [0.3, 0.4) is 0 Å². The molecule has 0 aliphatic carbocycles. The van der Waals surface area contributed by atoms with Crippen LogP contribution in [-0.4, -0.2) is 53.0 Å². The van der Waals surface area contributed by atoms with Crippen LogP contribution in [0.5, 0.6) is 0 Å². The molecular formula is C11H19N2O6P. The Morgan fingerprint density at radius 3 is 2.85 bits per heavy atom. The molecule has 2 unspecified atom stereocenters. The van der Waals surface area contributed by atoms with Crippen molar-refractivity contribution in [2.45, 2.75) is 25.7 Å². The Balaban J connectivity index is 2.58. The van der Waals surface area contributed by atoms with Crippen molar-refractivity contribution in [3.63, 3.8) is 0 Å². The van der Waals surface area contributed by atoms with Crippen LogP contribution in [-0.2, 0) is 18.8 Å². The fraction of sp³-hybridized carbons (Fsp3) is 0.636. The molecule has 0 spiro atoms. The highest BCUT2D eigenvalue weighted by atomic mass is 31.2. The number of ether oxygens (including phenoxy) is 1. The van der Waals surface area contributed by atoms with Gasteiger partial charge in [0.15, 0.2) is 0 Å². The molecule has 0 bridgehead atoms. The van der Waals surface area contributed by atoms with E-state index >= 15 is 0 Å². The van der Waals surface area contributed by atoms with Crippen LogP contribution in [0.1, 0.15) is 13.3 Å². The lowest BCUT2D eigenvalue weighted by molar-refractivity contribution is -0.129. The number of carbonyl (C=O) groups excluding carboxylic acids is 2. The van der Waals surface area contributed by atoms with Crippen LogP contribution in [0.25, 0.3) is 0 Å². The first-order chi connectivity index (χ1) is 9.47. The Kier molecular flexibility index (Phi) is 7.04. The zero-order valence-corrected chi connectivity index (χ0v) is 12.2. The van der Waals surface area contributed by atoms with E-state index in [0.29, 0.717) is 12.8 Å². The molecule has 1 aliphatic heterocycles. The molecule has 20 heavy (non-hydrogen) atoms. The molecule has 3 N–H and O–H groups in total. The standard InChI is InChI=1S/C11H19N2O6P/c1-8-5-9(6-18-20(16)17)19-11(8)13(7-14)4-3-10(15)12-2/h3-4,7-9,11,16-17H,5-6H2,1-2H3,(H,12,15)/b4-3-/t8?,9?,11-/m1/s1. The highest BCUT2D eigenvalue weighted by Gasteiger charge is 2.35. The van der Waals surface area contributed by atoms with E-state index in [1.165, 1.54) is 24.2 Å². The minimum atomic E-state index is -2.41. The zero-order valence-electron chi connectivity index (χ0n) is 11.3. The van der Waals surface area contributed by atoms with Crippen LogP contribution < -0.4 is 5.32 Å². The van der Waals surface area contributed by atoms with Crippen molar-refractivity contribution in [2.75, 3.05) is 13.7 Å². The molecule has 1 aliphatic rings. The van der Waals surface area contributed by atoms with Crippen molar-refractivity contribution in [1.29, 1.82) is 0 Å². The normalized spacial score (nSPS) is 26.1. The largest absolute Gasteiger partial charge is 0.356 e. The van der Waals surface area contributed by atoms with Crippen molar-refractivity contribution in [3.05, 3.63) is 12.3 Å². The highest BCUT2D eigenvalue weighted by molar-refractivity contribution is 7.39. The van der Waals surface area contributed by atoms with Gasteiger partial charge in [-0.25, -0.2) is 0 Å². The summed E-state index contributed by atoms with van der Waals surface area (Å²) in [6, 6.07) is 0. The predicted octanol–water partition coefficient (Wildman–Crippen LogP) is -0.316. The molecule has 1 rings (SSSR count). The maximum Gasteiger partial charge on any atom is 0.327 e. The predicted molar refractivity (Wildman–Crippen MR) is 70.9 cm³/mol. The summed E-state index contributed by atoms with van der Waals surface area (Å²) in [7, 11) is -0.924. The Morgan fingerprint density at radius 2 is 2.30 bits per heavy atom. The van der Waals surface area contributed by atoms with Crippen LogP contribution in [0.2, 0.25) is 0 Å². The van der Waals surface area contributed by atoms with E-state index in [9.17, 15) is 9.59 Å². The fourth-order valence-electron chi connectivity index (χ4n) is 1.96. The summed E-state index contributed by atoms with van der Waals surface area (Å²) >= 11 is 0. The molecule has 1 heterocycles.